The number of para-hydroxylation sites is 1. The zero-order chi connectivity index (χ0) is 22.5. The van der Waals surface area contributed by atoms with Crippen molar-refractivity contribution >= 4 is 51.4 Å². The Kier molecular flexibility index (Phi) is 7.38. The number of amides is 1. The zero-order valence-corrected chi connectivity index (χ0v) is 19.1. The summed E-state index contributed by atoms with van der Waals surface area (Å²) in [5, 5.41) is 15.0. The van der Waals surface area contributed by atoms with Gasteiger partial charge in [0, 0.05) is 10.9 Å². The fourth-order valence-corrected chi connectivity index (χ4v) is 4.11. The summed E-state index contributed by atoms with van der Waals surface area (Å²) in [6.45, 7) is 3.76. The number of carbonyl (C=O) groups excluding carboxylic acids is 1. The molecule has 1 amide bonds. The van der Waals surface area contributed by atoms with E-state index in [0.29, 0.717) is 33.3 Å². The van der Waals surface area contributed by atoms with Crippen LogP contribution >= 0.6 is 34.5 Å². The molecule has 0 fully saturated rings. The molecule has 1 heterocycles. The van der Waals surface area contributed by atoms with Gasteiger partial charge >= 0.3 is 5.97 Å². The molecule has 0 atom stereocenters. The van der Waals surface area contributed by atoms with Crippen LogP contribution in [0.5, 0.6) is 5.75 Å². The predicted octanol–water partition coefficient (Wildman–Crippen LogP) is 7.04. The second-order valence-electron chi connectivity index (χ2n) is 6.59. The van der Waals surface area contributed by atoms with E-state index in [4.69, 9.17) is 27.9 Å². The maximum absolute atomic E-state index is 12.9. The number of ether oxygens (including phenoxy) is 1. The van der Waals surface area contributed by atoms with Gasteiger partial charge < -0.3 is 15.2 Å². The zero-order valence-electron chi connectivity index (χ0n) is 16.7. The lowest BCUT2D eigenvalue weighted by Crippen LogP contribution is -2.19. The Morgan fingerprint density at radius 3 is 2.55 bits per heavy atom. The monoisotopic (exact) mass is 475 g/mol. The topological polar surface area (TPSA) is 75.6 Å². The van der Waals surface area contributed by atoms with Crippen LogP contribution in [0.4, 0.5) is 5.00 Å². The third-order valence-electron chi connectivity index (χ3n) is 4.39. The number of hydrogen-bond acceptors (Lipinski definition) is 4. The average molecular weight is 476 g/mol. The Morgan fingerprint density at radius 1 is 1.16 bits per heavy atom. The maximum atomic E-state index is 12.9. The lowest BCUT2D eigenvalue weighted by molar-refractivity contribution is -0.114. The Bertz CT molecular complexity index is 1170. The highest BCUT2D eigenvalue weighted by Crippen LogP contribution is 2.38. The molecule has 0 aliphatic rings. The summed E-state index contributed by atoms with van der Waals surface area (Å²) < 4.78 is 5.81. The SMILES string of the molecule is CCC=C(Oc1ccccc1C)C(=O)Nc1scc(-c2ccc(Cl)c(Cl)c2)c1C(=O)O. The first-order valence-electron chi connectivity index (χ1n) is 9.37. The summed E-state index contributed by atoms with van der Waals surface area (Å²) in [6.07, 6.45) is 2.22. The maximum Gasteiger partial charge on any atom is 0.339 e. The fraction of sp³-hybridized carbons (Fsp3) is 0.130. The van der Waals surface area contributed by atoms with Crippen molar-refractivity contribution < 1.29 is 19.4 Å². The Balaban J connectivity index is 1.92. The molecule has 2 aromatic carbocycles. The molecule has 160 valence electrons. The summed E-state index contributed by atoms with van der Waals surface area (Å²) >= 11 is 13.2. The van der Waals surface area contributed by atoms with E-state index < -0.39 is 11.9 Å². The largest absolute Gasteiger partial charge is 0.478 e. The van der Waals surface area contributed by atoms with E-state index >= 15 is 0 Å². The van der Waals surface area contributed by atoms with E-state index in [1.54, 1.807) is 35.7 Å². The van der Waals surface area contributed by atoms with Crippen molar-refractivity contribution in [1.82, 2.24) is 0 Å². The smallest absolute Gasteiger partial charge is 0.339 e. The first kappa shape index (κ1) is 22.9. The Morgan fingerprint density at radius 2 is 1.90 bits per heavy atom. The second-order valence-corrected chi connectivity index (χ2v) is 8.28. The molecule has 0 aliphatic carbocycles. The van der Waals surface area contributed by atoms with Gasteiger partial charge in [0.15, 0.2) is 5.76 Å². The number of carbonyl (C=O) groups is 2. The van der Waals surface area contributed by atoms with Gasteiger partial charge in [-0.25, -0.2) is 4.79 Å². The van der Waals surface area contributed by atoms with Gasteiger partial charge in [0.2, 0.25) is 0 Å². The third-order valence-corrected chi connectivity index (χ3v) is 6.02. The summed E-state index contributed by atoms with van der Waals surface area (Å²) in [5.74, 6) is -1.05. The summed E-state index contributed by atoms with van der Waals surface area (Å²) in [7, 11) is 0. The number of carboxylic acids is 1. The number of halogens is 2. The van der Waals surface area contributed by atoms with Gasteiger partial charge in [-0.05, 0) is 48.7 Å². The minimum Gasteiger partial charge on any atom is -0.478 e. The lowest BCUT2D eigenvalue weighted by atomic mass is 10.0. The van der Waals surface area contributed by atoms with Crippen molar-refractivity contribution in [1.29, 1.82) is 0 Å². The van der Waals surface area contributed by atoms with Crippen LogP contribution in [0.2, 0.25) is 10.0 Å². The van der Waals surface area contributed by atoms with Gasteiger partial charge in [-0.3, -0.25) is 4.79 Å². The van der Waals surface area contributed by atoms with Gasteiger partial charge in [0.25, 0.3) is 5.91 Å². The molecular weight excluding hydrogens is 457 g/mol. The molecule has 0 unspecified atom stereocenters. The molecule has 0 aliphatic heterocycles. The van der Waals surface area contributed by atoms with E-state index in [0.717, 1.165) is 16.9 Å². The van der Waals surface area contributed by atoms with Crippen molar-refractivity contribution in [3.05, 3.63) is 80.9 Å². The standard InChI is InChI=1S/C23H19Cl2NO4S/c1-3-6-19(30-18-8-5-4-7-13(18)2)21(27)26-22-20(23(28)29)15(12-31-22)14-9-10-16(24)17(25)11-14/h4-12H,3H2,1-2H3,(H,26,27)(H,28,29). The highest BCUT2D eigenvalue weighted by Gasteiger charge is 2.23. The predicted molar refractivity (Wildman–Crippen MR) is 126 cm³/mol. The fourth-order valence-electron chi connectivity index (χ4n) is 2.86. The quantitative estimate of drug-likeness (QED) is 0.283. The van der Waals surface area contributed by atoms with Crippen molar-refractivity contribution in [2.75, 3.05) is 5.32 Å². The molecular formula is C23H19Cl2NO4S. The van der Waals surface area contributed by atoms with E-state index in [9.17, 15) is 14.7 Å². The molecule has 0 bridgehead atoms. The summed E-state index contributed by atoms with van der Waals surface area (Å²) in [6, 6.07) is 12.2. The van der Waals surface area contributed by atoms with Crippen molar-refractivity contribution in [2.45, 2.75) is 20.3 Å². The van der Waals surface area contributed by atoms with Crippen LogP contribution in [0.15, 0.2) is 59.7 Å². The van der Waals surface area contributed by atoms with Crippen LogP contribution in [-0.4, -0.2) is 17.0 Å². The Hall–Kier alpha value is -2.80. The lowest BCUT2D eigenvalue weighted by Gasteiger charge is -2.12. The van der Waals surface area contributed by atoms with Gasteiger partial charge in [0.05, 0.1) is 10.0 Å². The molecule has 0 saturated heterocycles. The van der Waals surface area contributed by atoms with Gasteiger partial charge in [0.1, 0.15) is 16.3 Å². The number of aromatic carboxylic acids is 1. The molecule has 3 rings (SSSR count). The molecule has 3 aromatic rings. The molecule has 0 spiro atoms. The van der Waals surface area contributed by atoms with Crippen LogP contribution in [0.1, 0.15) is 29.3 Å². The van der Waals surface area contributed by atoms with Gasteiger partial charge in [-0.2, -0.15) is 0 Å². The highest BCUT2D eigenvalue weighted by atomic mass is 35.5. The third kappa shape index (κ3) is 5.28. The van der Waals surface area contributed by atoms with Crippen molar-refractivity contribution in [3.63, 3.8) is 0 Å². The van der Waals surface area contributed by atoms with Crippen LogP contribution in [0, 0.1) is 6.92 Å². The normalized spacial score (nSPS) is 11.3. The summed E-state index contributed by atoms with van der Waals surface area (Å²) in [5.41, 5.74) is 1.88. The molecule has 1 aromatic heterocycles. The van der Waals surface area contributed by atoms with E-state index in [2.05, 4.69) is 5.32 Å². The first-order chi connectivity index (χ1) is 14.8. The van der Waals surface area contributed by atoms with Crippen LogP contribution < -0.4 is 10.1 Å². The number of rotatable bonds is 7. The van der Waals surface area contributed by atoms with Crippen molar-refractivity contribution in [2.24, 2.45) is 0 Å². The van der Waals surface area contributed by atoms with E-state index in [1.807, 2.05) is 32.0 Å². The van der Waals surface area contributed by atoms with Crippen LogP contribution in [-0.2, 0) is 4.79 Å². The number of allylic oxidation sites excluding steroid dienone is 1. The second kappa shape index (κ2) is 10.0. The molecule has 5 nitrogen and oxygen atoms in total. The minimum absolute atomic E-state index is 0.0246. The van der Waals surface area contributed by atoms with Gasteiger partial charge in [-0.15, -0.1) is 11.3 Å². The van der Waals surface area contributed by atoms with Crippen molar-refractivity contribution in [3.8, 4) is 16.9 Å². The number of carboxylic acid groups (broad SMARTS) is 1. The molecule has 8 heteroatoms. The number of benzene rings is 2. The minimum atomic E-state index is -1.17. The average Bonchev–Trinajstić information content (AvgIpc) is 3.15. The number of anilines is 1. The number of thiophene rings is 1. The number of hydrogen-bond donors (Lipinski definition) is 2. The highest BCUT2D eigenvalue weighted by molar-refractivity contribution is 7.15. The molecule has 0 saturated carbocycles. The summed E-state index contributed by atoms with van der Waals surface area (Å²) in [4.78, 5) is 24.9. The van der Waals surface area contributed by atoms with E-state index in [1.165, 1.54) is 0 Å². The van der Waals surface area contributed by atoms with E-state index in [-0.39, 0.29) is 16.3 Å². The number of aryl methyl sites for hydroxylation is 1. The van der Waals surface area contributed by atoms with Gasteiger partial charge in [-0.1, -0.05) is 54.4 Å². The molecule has 31 heavy (non-hydrogen) atoms. The van der Waals surface area contributed by atoms with Crippen LogP contribution in [0.25, 0.3) is 11.1 Å². The molecule has 2 N–H and O–H groups in total. The van der Waals surface area contributed by atoms with Crippen LogP contribution in [0.3, 0.4) is 0 Å². The first-order valence-corrected chi connectivity index (χ1v) is 11.0. The number of nitrogens with one attached hydrogen (secondary N) is 1. The molecule has 0 radical (unpaired) electrons. The Labute approximate surface area is 193 Å².